The third-order valence-electron chi connectivity index (χ3n) is 6.91. The number of carbonyl (C=O) groups excluding carboxylic acids is 2. The second-order valence-electron chi connectivity index (χ2n) is 9.01. The smallest absolute Gasteiger partial charge is 0.418 e. The number of anilines is 1. The van der Waals surface area contributed by atoms with Crippen LogP contribution < -0.4 is 4.90 Å². The van der Waals surface area contributed by atoms with Gasteiger partial charge in [-0.2, -0.15) is 0 Å². The fourth-order valence-corrected chi connectivity index (χ4v) is 5.05. The number of carbonyl (C=O) groups is 2. The molecule has 2 bridgehead atoms. The maximum absolute atomic E-state index is 13.3. The van der Waals surface area contributed by atoms with Gasteiger partial charge in [0.15, 0.2) is 0 Å². The van der Waals surface area contributed by atoms with E-state index in [-0.39, 0.29) is 18.3 Å². The van der Waals surface area contributed by atoms with Crippen LogP contribution in [0.25, 0.3) is 0 Å². The Morgan fingerprint density at radius 3 is 2.48 bits per heavy atom. The van der Waals surface area contributed by atoms with Gasteiger partial charge in [0.05, 0.1) is 26.2 Å². The minimum Gasteiger partial charge on any atom is -0.466 e. The molecule has 1 unspecified atom stereocenters. The van der Waals surface area contributed by atoms with Crippen molar-refractivity contribution < 1.29 is 23.5 Å². The van der Waals surface area contributed by atoms with E-state index in [2.05, 4.69) is 6.92 Å². The quantitative estimate of drug-likeness (QED) is 0.277. The Morgan fingerprint density at radius 1 is 1.06 bits per heavy atom. The van der Waals surface area contributed by atoms with Gasteiger partial charge in [-0.1, -0.05) is 31.5 Å². The predicted octanol–water partition coefficient (Wildman–Crippen LogP) is 5.12. The number of unbranched alkanes of at least 4 members (excludes halogenated alkanes) is 2. The largest absolute Gasteiger partial charge is 0.466 e. The highest BCUT2D eigenvalue weighted by Crippen LogP contribution is 2.39. The van der Waals surface area contributed by atoms with Crippen molar-refractivity contribution in [3.8, 4) is 0 Å². The van der Waals surface area contributed by atoms with Crippen LogP contribution >= 0.6 is 0 Å². The first-order chi connectivity index (χ1) is 15.1. The Balaban J connectivity index is 1.63. The molecular weight excluding hydrogens is 392 g/mol. The van der Waals surface area contributed by atoms with E-state index in [1.165, 1.54) is 12.8 Å². The monoisotopic (exact) mass is 431 g/mol. The number of piperidine rings is 3. The molecule has 1 atom stereocenters. The average Bonchev–Trinajstić information content (AvgIpc) is 2.79. The molecule has 3 aliphatic rings. The number of rotatable bonds is 11. The van der Waals surface area contributed by atoms with Crippen LogP contribution in [0.5, 0.6) is 0 Å². The highest BCUT2D eigenvalue weighted by atomic mass is 16.6. The molecule has 1 amide bonds. The second kappa shape index (κ2) is 11.5. The van der Waals surface area contributed by atoms with Gasteiger partial charge in [0, 0.05) is 37.9 Å². The highest BCUT2D eigenvalue weighted by Gasteiger charge is 2.49. The van der Waals surface area contributed by atoms with Crippen molar-refractivity contribution in [2.45, 2.75) is 71.4 Å². The number of benzene rings is 1. The van der Waals surface area contributed by atoms with Gasteiger partial charge in [-0.25, -0.2) is 4.79 Å². The minimum absolute atomic E-state index is 0.0737. The maximum atomic E-state index is 13.3. The number of fused-ring (bicyclic) bond motifs is 3. The lowest BCUT2D eigenvalue weighted by Crippen LogP contribution is -2.65. The van der Waals surface area contributed by atoms with E-state index in [0.717, 1.165) is 61.9 Å². The van der Waals surface area contributed by atoms with Crippen LogP contribution in [-0.4, -0.2) is 55.6 Å². The third-order valence-corrected chi connectivity index (χ3v) is 6.91. The van der Waals surface area contributed by atoms with Gasteiger partial charge < -0.3 is 9.47 Å². The first-order valence-corrected chi connectivity index (χ1v) is 12.1. The highest BCUT2D eigenvalue weighted by molar-refractivity contribution is 5.87. The summed E-state index contributed by atoms with van der Waals surface area (Å²) in [5, 5.41) is 0. The Bertz CT molecular complexity index is 701. The van der Waals surface area contributed by atoms with Gasteiger partial charge in [-0.15, -0.1) is 0 Å². The van der Waals surface area contributed by atoms with Crippen molar-refractivity contribution in [2.24, 2.45) is 5.92 Å². The first kappa shape index (κ1) is 23.6. The Labute approximate surface area is 187 Å². The SMILES string of the molecule is CCCCN(C(=O)OC1CC2CC[N+]1(CCCCC(=O)OCC)CC2)c1ccccc1. The molecule has 172 valence electrons. The molecule has 6 heteroatoms. The molecule has 0 aliphatic carbocycles. The molecule has 3 fully saturated rings. The van der Waals surface area contributed by atoms with Crippen molar-refractivity contribution in [1.82, 2.24) is 0 Å². The minimum atomic E-state index is -0.221. The summed E-state index contributed by atoms with van der Waals surface area (Å²) in [6, 6.07) is 9.85. The van der Waals surface area contributed by atoms with Crippen molar-refractivity contribution in [3.05, 3.63) is 30.3 Å². The summed E-state index contributed by atoms with van der Waals surface area (Å²) in [7, 11) is 0. The lowest BCUT2D eigenvalue weighted by atomic mass is 9.84. The normalized spacial score (nSPS) is 24.6. The van der Waals surface area contributed by atoms with E-state index in [4.69, 9.17) is 9.47 Å². The molecule has 3 aliphatic heterocycles. The predicted molar refractivity (Wildman–Crippen MR) is 122 cm³/mol. The van der Waals surface area contributed by atoms with E-state index in [0.29, 0.717) is 25.5 Å². The number of quaternary nitrogens is 1. The zero-order valence-electron chi connectivity index (χ0n) is 19.3. The van der Waals surface area contributed by atoms with Crippen molar-refractivity contribution in [1.29, 1.82) is 0 Å². The van der Waals surface area contributed by atoms with Crippen LogP contribution in [0.2, 0.25) is 0 Å². The molecule has 6 nitrogen and oxygen atoms in total. The molecule has 0 aromatic heterocycles. The van der Waals surface area contributed by atoms with Crippen molar-refractivity contribution in [2.75, 3.05) is 37.7 Å². The third kappa shape index (κ3) is 6.22. The molecule has 3 saturated heterocycles. The van der Waals surface area contributed by atoms with E-state index >= 15 is 0 Å². The Morgan fingerprint density at radius 2 is 1.81 bits per heavy atom. The summed E-state index contributed by atoms with van der Waals surface area (Å²) in [6.07, 6.45) is 7.32. The van der Waals surface area contributed by atoms with E-state index in [1.54, 1.807) is 4.90 Å². The van der Waals surface area contributed by atoms with Gasteiger partial charge in [0.2, 0.25) is 6.23 Å². The summed E-state index contributed by atoms with van der Waals surface area (Å²) < 4.78 is 12.1. The van der Waals surface area contributed by atoms with Crippen LogP contribution in [0.1, 0.15) is 65.2 Å². The lowest BCUT2D eigenvalue weighted by Gasteiger charge is -2.53. The Hall–Kier alpha value is -2.08. The summed E-state index contributed by atoms with van der Waals surface area (Å²) in [6.45, 7) is 8.20. The summed E-state index contributed by atoms with van der Waals surface area (Å²) >= 11 is 0. The lowest BCUT2D eigenvalue weighted by molar-refractivity contribution is -0.984. The molecule has 4 rings (SSSR count). The number of hydrogen-bond donors (Lipinski definition) is 0. The number of hydrogen-bond acceptors (Lipinski definition) is 4. The molecule has 3 heterocycles. The molecule has 31 heavy (non-hydrogen) atoms. The molecule has 1 aromatic rings. The van der Waals surface area contributed by atoms with Gasteiger partial charge in [-0.05, 0) is 44.2 Å². The molecule has 0 N–H and O–H groups in total. The molecule has 1 aromatic carbocycles. The number of para-hydroxylation sites is 1. The van der Waals surface area contributed by atoms with Crippen molar-refractivity contribution >= 4 is 17.7 Å². The van der Waals surface area contributed by atoms with E-state index in [1.807, 2.05) is 37.3 Å². The zero-order chi connectivity index (χ0) is 22.1. The van der Waals surface area contributed by atoms with E-state index < -0.39 is 0 Å². The maximum Gasteiger partial charge on any atom is 0.418 e. The summed E-state index contributed by atoms with van der Waals surface area (Å²) in [5.41, 5.74) is 0.901. The van der Waals surface area contributed by atoms with Gasteiger partial charge in [-0.3, -0.25) is 14.2 Å². The Kier molecular flexibility index (Phi) is 8.76. The number of nitrogens with zero attached hydrogens (tertiary/aromatic N) is 2. The van der Waals surface area contributed by atoms with Gasteiger partial charge >= 0.3 is 12.1 Å². The second-order valence-corrected chi connectivity index (χ2v) is 9.01. The topological polar surface area (TPSA) is 55.8 Å². The van der Waals surface area contributed by atoms with Crippen LogP contribution in [0.15, 0.2) is 30.3 Å². The molecule has 0 spiro atoms. The summed E-state index contributed by atoms with van der Waals surface area (Å²) in [5.74, 6) is 0.551. The van der Waals surface area contributed by atoms with Crippen LogP contribution in [0.3, 0.4) is 0 Å². The molecular formula is C25H39N2O4+. The molecule has 0 radical (unpaired) electrons. The van der Waals surface area contributed by atoms with Gasteiger partial charge in [0.25, 0.3) is 0 Å². The van der Waals surface area contributed by atoms with Gasteiger partial charge in [0.1, 0.15) is 0 Å². The zero-order valence-corrected chi connectivity index (χ0v) is 19.3. The number of amides is 1. The number of esters is 1. The van der Waals surface area contributed by atoms with Crippen molar-refractivity contribution in [3.63, 3.8) is 0 Å². The number of ether oxygens (including phenoxy) is 2. The fourth-order valence-electron chi connectivity index (χ4n) is 5.05. The first-order valence-electron chi connectivity index (χ1n) is 12.1. The van der Waals surface area contributed by atoms with Crippen LogP contribution in [-0.2, 0) is 14.3 Å². The fraction of sp³-hybridized carbons (Fsp3) is 0.680. The summed E-state index contributed by atoms with van der Waals surface area (Å²) in [4.78, 5) is 26.7. The average molecular weight is 432 g/mol. The van der Waals surface area contributed by atoms with Crippen LogP contribution in [0.4, 0.5) is 10.5 Å². The standard InChI is InChI=1S/C25H39N2O4/c1-3-5-16-26(22-11-7-6-8-12-22)25(29)31-23-20-21-14-18-27(23,19-15-21)17-10-9-13-24(28)30-4-2/h6-8,11-12,21,23H,3-5,9-10,13-20H2,1-2H3/q+1. The van der Waals surface area contributed by atoms with Crippen LogP contribution in [0, 0.1) is 5.92 Å². The molecule has 0 saturated carbocycles. The van der Waals surface area contributed by atoms with E-state index in [9.17, 15) is 9.59 Å².